The lowest BCUT2D eigenvalue weighted by atomic mass is 10.2. The van der Waals surface area contributed by atoms with Crippen LogP contribution in [0.25, 0.3) is 0 Å². The first-order valence-electron chi connectivity index (χ1n) is 7.85. The molecule has 0 amide bonds. The lowest BCUT2D eigenvalue weighted by Crippen LogP contribution is -2.10. The van der Waals surface area contributed by atoms with Crippen LogP contribution < -0.4 is 0 Å². The summed E-state index contributed by atoms with van der Waals surface area (Å²) in [7, 11) is -4.16. The van der Waals surface area contributed by atoms with E-state index in [4.69, 9.17) is 23.2 Å². The lowest BCUT2D eigenvalue weighted by Gasteiger charge is -2.09. The molecule has 7 heteroatoms. The molecule has 0 N–H and O–H groups in total. The summed E-state index contributed by atoms with van der Waals surface area (Å²) in [6.45, 7) is 4.05. The van der Waals surface area contributed by atoms with Crippen molar-refractivity contribution in [2.45, 2.75) is 48.8 Å². The molecule has 3 nitrogen and oxygen atoms in total. The number of unbranched alkanes of at least 4 members (excludes halogenated alkanes) is 2. The second-order valence-electron chi connectivity index (χ2n) is 6.06. The van der Waals surface area contributed by atoms with Crippen LogP contribution in [-0.2, 0) is 20.7 Å². The van der Waals surface area contributed by atoms with E-state index in [0.717, 1.165) is 37.0 Å². The number of aryl methyl sites for hydroxylation is 1. The minimum atomic E-state index is -3.62. The second kappa shape index (κ2) is 7.85. The topological polar surface area (TPSA) is 46.5 Å². The largest absolute Gasteiger partial charge is 0.287 e. The van der Waals surface area contributed by atoms with Gasteiger partial charge in [-0.25, -0.2) is 0 Å². The molecule has 0 spiro atoms. The molecule has 130 valence electrons. The third-order valence-electron chi connectivity index (χ3n) is 3.86. The highest BCUT2D eigenvalue weighted by Crippen LogP contribution is 2.53. The van der Waals surface area contributed by atoms with E-state index in [1.807, 2.05) is 6.92 Å². The highest BCUT2D eigenvalue weighted by molar-refractivity contribution is 8.00. The smallest absolute Gasteiger partial charge is 0.199 e. The van der Waals surface area contributed by atoms with Crippen molar-refractivity contribution in [2.24, 2.45) is 9.69 Å². The van der Waals surface area contributed by atoms with Crippen LogP contribution in [0.1, 0.15) is 38.2 Å². The van der Waals surface area contributed by atoms with Gasteiger partial charge >= 0.3 is 0 Å². The number of hydrogen-bond acceptors (Lipinski definition) is 2. The first-order chi connectivity index (χ1) is 10.7. The Kier molecular flexibility index (Phi) is 6.57. The third-order valence-corrected chi connectivity index (χ3v) is 8.82. The Hall–Kier alpha value is -0.1000. The van der Waals surface area contributed by atoms with E-state index >= 15 is 0 Å². The molecule has 0 radical (unpaired) electrons. The number of alkyl halides is 2. The molecular weight excluding hydrogens is 373 g/mol. The van der Waals surface area contributed by atoms with Crippen molar-refractivity contribution in [2.75, 3.05) is 11.5 Å². The van der Waals surface area contributed by atoms with Crippen molar-refractivity contribution in [3.8, 4) is 0 Å². The maximum atomic E-state index is 12.5. The van der Waals surface area contributed by atoms with E-state index in [-0.39, 0.29) is 10.8 Å². The molecule has 23 heavy (non-hydrogen) atoms. The zero-order chi connectivity index (χ0) is 17.1. The lowest BCUT2D eigenvalue weighted by molar-refractivity contribution is 0.598. The molecule has 0 aromatic heterocycles. The van der Waals surface area contributed by atoms with E-state index in [1.54, 1.807) is 24.3 Å². The fraction of sp³-hybridized carbons (Fsp3) is 0.625. The van der Waals surface area contributed by atoms with Gasteiger partial charge in [0.15, 0.2) is 0 Å². The predicted octanol–water partition coefficient (Wildman–Crippen LogP) is 4.87. The Bertz CT molecular complexity index is 670. The van der Waals surface area contributed by atoms with Gasteiger partial charge in [-0.3, -0.25) is 0 Å². The molecule has 1 aliphatic carbocycles. The van der Waals surface area contributed by atoms with Crippen LogP contribution in [0.3, 0.4) is 0 Å². The summed E-state index contributed by atoms with van der Waals surface area (Å²) in [6, 6.07) is 6.82. The number of nitrogens with zero attached hydrogens (tertiary/aromatic N) is 1. The molecule has 0 bridgehead atoms. The standard InChI is InChI=1S/C16H23Cl2NO2S2/c1-3-4-5-10-22(12-14-11-16(14,17)18)19-23(20,21)15-8-6-13(2)7-9-15/h6-9,14H,3-5,10-12H2,1-2H3/t14-,22-/m1/s1. The van der Waals surface area contributed by atoms with E-state index in [0.29, 0.717) is 5.75 Å². The van der Waals surface area contributed by atoms with Crippen LogP contribution >= 0.6 is 23.2 Å². The molecule has 0 aliphatic heterocycles. The zero-order valence-corrected chi connectivity index (χ0v) is 16.6. The average Bonchev–Trinajstić information content (AvgIpc) is 3.05. The summed E-state index contributed by atoms with van der Waals surface area (Å²) in [6.07, 6.45) is 3.89. The molecule has 2 rings (SSSR count). The van der Waals surface area contributed by atoms with Gasteiger partial charge in [0.1, 0.15) is 4.33 Å². The van der Waals surface area contributed by atoms with Gasteiger partial charge < -0.3 is 0 Å². The summed E-state index contributed by atoms with van der Waals surface area (Å²) in [4.78, 5) is 0.259. The maximum absolute atomic E-state index is 12.5. The fourth-order valence-corrected chi connectivity index (χ4v) is 7.00. The average molecular weight is 396 g/mol. The Morgan fingerprint density at radius 3 is 2.39 bits per heavy atom. The highest BCUT2D eigenvalue weighted by atomic mass is 35.5. The minimum Gasteiger partial charge on any atom is -0.199 e. The normalized spacial score (nSPS) is 21.3. The van der Waals surface area contributed by atoms with Gasteiger partial charge in [0.05, 0.1) is 4.90 Å². The zero-order valence-electron chi connectivity index (χ0n) is 13.5. The van der Waals surface area contributed by atoms with Crippen molar-refractivity contribution >= 4 is 43.9 Å². The molecule has 1 fully saturated rings. The van der Waals surface area contributed by atoms with Crippen molar-refractivity contribution in [1.29, 1.82) is 0 Å². The van der Waals surface area contributed by atoms with Crippen molar-refractivity contribution < 1.29 is 8.42 Å². The van der Waals surface area contributed by atoms with Crippen LogP contribution in [0, 0.1) is 12.8 Å². The number of halogens is 2. The molecule has 0 saturated heterocycles. The Morgan fingerprint density at radius 1 is 1.26 bits per heavy atom. The van der Waals surface area contributed by atoms with Gasteiger partial charge in [-0.05, 0) is 31.9 Å². The van der Waals surface area contributed by atoms with Crippen molar-refractivity contribution in [3.63, 3.8) is 0 Å². The Balaban J connectivity index is 2.17. The second-order valence-corrected chi connectivity index (χ2v) is 11.3. The SMILES string of the molecule is CCCCC[S@](C[C@H]1CC1(Cl)Cl)=NS(=O)(=O)c1ccc(C)cc1. The van der Waals surface area contributed by atoms with Gasteiger partial charge in [0.2, 0.25) is 0 Å². The van der Waals surface area contributed by atoms with Gasteiger partial charge in [-0.2, -0.15) is 8.42 Å². The van der Waals surface area contributed by atoms with Gasteiger partial charge in [-0.1, -0.05) is 48.2 Å². The number of hydrogen-bond donors (Lipinski definition) is 0. The Morgan fingerprint density at radius 2 is 1.87 bits per heavy atom. The summed E-state index contributed by atoms with van der Waals surface area (Å²) in [5.74, 6) is 1.62. The van der Waals surface area contributed by atoms with E-state index in [2.05, 4.69) is 10.7 Å². The van der Waals surface area contributed by atoms with E-state index in [9.17, 15) is 8.42 Å². The number of benzene rings is 1. The van der Waals surface area contributed by atoms with Crippen LogP contribution in [-0.4, -0.2) is 24.3 Å². The summed E-state index contributed by atoms with van der Waals surface area (Å²) >= 11 is 12.2. The van der Waals surface area contributed by atoms with Gasteiger partial charge in [0.25, 0.3) is 10.0 Å². The quantitative estimate of drug-likeness (QED) is 0.465. The Labute approximate surface area is 151 Å². The first-order valence-corrected chi connectivity index (χ1v) is 11.6. The minimum absolute atomic E-state index is 0.160. The van der Waals surface area contributed by atoms with Crippen LogP contribution in [0.15, 0.2) is 32.9 Å². The molecule has 2 atom stereocenters. The molecule has 1 aliphatic rings. The number of sulfonamides is 1. The molecule has 1 aromatic rings. The van der Waals surface area contributed by atoms with Gasteiger partial charge in [-0.15, -0.1) is 27.0 Å². The van der Waals surface area contributed by atoms with Gasteiger partial charge in [0, 0.05) is 17.4 Å². The predicted molar refractivity (Wildman–Crippen MR) is 100.0 cm³/mol. The molecule has 1 saturated carbocycles. The summed E-state index contributed by atoms with van der Waals surface area (Å²) in [5, 5.41) is 0. The molecular formula is C16H23Cl2NO2S2. The molecule has 0 heterocycles. The van der Waals surface area contributed by atoms with Crippen LogP contribution in [0.4, 0.5) is 0 Å². The van der Waals surface area contributed by atoms with Crippen LogP contribution in [0.5, 0.6) is 0 Å². The maximum Gasteiger partial charge on any atom is 0.287 e. The number of rotatable bonds is 8. The van der Waals surface area contributed by atoms with E-state index in [1.165, 1.54) is 0 Å². The monoisotopic (exact) mass is 395 g/mol. The van der Waals surface area contributed by atoms with Crippen molar-refractivity contribution in [3.05, 3.63) is 29.8 Å². The van der Waals surface area contributed by atoms with Crippen LogP contribution in [0.2, 0.25) is 0 Å². The molecule has 0 unspecified atom stereocenters. The summed E-state index contributed by atoms with van der Waals surface area (Å²) < 4.78 is 28.6. The summed E-state index contributed by atoms with van der Waals surface area (Å²) in [5.41, 5.74) is 1.03. The van der Waals surface area contributed by atoms with Crippen molar-refractivity contribution in [1.82, 2.24) is 0 Å². The highest BCUT2D eigenvalue weighted by Gasteiger charge is 2.51. The third kappa shape index (κ3) is 5.73. The first kappa shape index (κ1) is 19.2. The molecule has 1 aromatic carbocycles. The fourth-order valence-electron chi connectivity index (χ4n) is 2.24. The van der Waals surface area contributed by atoms with E-state index < -0.39 is 25.0 Å².